The van der Waals surface area contributed by atoms with Crippen LogP contribution in [0.4, 0.5) is 0 Å². The lowest BCUT2D eigenvalue weighted by molar-refractivity contribution is -0.142. The molecule has 30 heavy (non-hydrogen) atoms. The average molecular weight is 433 g/mol. The maximum Gasteiger partial charge on any atom is 0.325 e. The molecule has 0 fully saturated rings. The van der Waals surface area contributed by atoms with Gasteiger partial charge in [-0.25, -0.2) is 0 Å². The molecule has 0 aliphatic carbocycles. The fourth-order valence-electron chi connectivity index (χ4n) is 2.12. The lowest BCUT2D eigenvalue weighted by Gasteiger charge is -2.26. The van der Waals surface area contributed by atoms with Crippen molar-refractivity contribution in [2.45, 2.75) is 57.9 Å². The molecule has 172 valence electrons. The van der Waals surface area contributed by atoms with E-state index >= 15 is 0 Å². The number of carboxylic acid groups (broad SMARTS) is 1. The summed E-state index contributed by atoms with van der Waals surface area (Å²) in [6.45, 7) is 4.23. The van der Waals surface area contributed by atoms with Crippen LogP contribution in [0, 0.1) is 5.92 Å². The van der Waals surface area contributed by atoms with Crippen molar-refractivity contribution in [2.75, 3.05) is 13.2 Å². The second kappa shape index (κ2) is 12.7. The Kier molecular flexibility index (Phi) is 11.5. The Morgan fingerprint density at radius 1 is 0.733 bits per heavy atom. The quantitative estimate of drug-likeness (QED) is 0.150. The summed E-state index contributed by atoms with van der Waals surface area (Å²) in [5.74, 6) is -5.07. The molecule has 5 atom stereocenters. The molecule has 13 nitrogen and oxygen atoms in total. The number of aliphatic hydroxyl groups excluding tert-OH is 2. The third-order valence-electron chi connectivity index (χ3n) is 4.02. The summed E-state index contributed by atoms with van der Waals surface area (Å²) < 4.78 is 0. The number of aliphatic carboxylic acids is 1. The molecule has 0 unspecified atom stereocenters. The molecular weight excluding hydrogens is 402 g/mol. The van der Waals surface area contributed by atoms with Crippen molar-refractivity contribution in [3.63, 3.8) is 0 Å². The number of carbonyl (C=O) groups excluding carboxylic acids is 4. The lowest BCUT2D eigenvalue weighted by Crippen LogP contribution is -2.60. The summed E-state index contributed by atoms with van der Waals surface area (Å²) >= 11 is 0. The molecule has 0 aromatic rings. The summed E-state index contributed by atoms with van der Waals surface area (Å²) in [4.78, 5) is 59.4. The van der Waals surface area contributed by atoms with Crippen molar-refractivity contribution in [1.82, 2.24) is 21.3 Å². The number of nitrogens with one attached hydrogen (secondary N) is 4. The van der Waals surface area contributed by atoms with Gasteiger partial charge in [0.05, 0.1) is 19.3 Å². The Labute approximate surface area is 173 Å². The van der Waals surface area contributed by atoms with Crippen LogP contribution in [0.2, 0.25) is 0 Å². The highest BCUT2D eigenvalue weighted by atomic mass is 16.4. The van der Waals surface area contributed by atoms with E-state index in [1.807, 2.05) is 0 Å². The number of carboxylic acids is 1. The van der Waals surface area contributed by atoms with Gasteiger partial charge in [0.25, 0.3) is 0 Å². The van der Waals surface area contributed by atoms with Crippen LogP contribution in [-0.2, 0) is 24.0 Å². The summed E-state index contributed by atoms with van der Waals surface area (Å²) in [6.07, 6.45) is 0. The predicted molar refractivity (Wildman–Crippen MR) is 104 cm³/mol. The fourth-order valence-corrected chi connectivity index (χ4v) is 2.12. The Hall–Kier alpha value is -2.77. The van der Waals surface area contributed by atoms with Crippen LogP contribution < -0.4 is 27.0 Å². The maximum absolute atomic E-state index is 12.6. The van der Waals surface area contributed by atoms with Crippen molar-refractivity contribution in [3.8, 4) is 0 Å². The Morgan fingerprint density at radius 3 is 1.53 bits per heavy atom. The molecule has 0 bridgehead atoms. The Balaban J connectivity index is 5.19. The molecule has 0 saturated heterocycles. The molecule has 0 aromatic heterocycles. The number of carbonyl (C=O) groups is 5. The van der Waals surface area contributed by atoms with Crippen LogP contribution in [0.25, 0.3) is 0 Å². The molecule has 0 rings (SSSR count). The van der Waals surface area contributed by atoms with Crippen molar-refractivity contribution >= 4 is 29.6 Å². The first-order valence-electron chi connectivity index (χ1n) is 9.27. The van der Waals surface area contributed by atoms with E-state index in [4.69, 9.17) is 10.8 Å². The van der Waals surface area contributed by atoms with E-state index in [2.05, 4.69) is 21.3 Å². The van der Waals surface area contributed by atoms with E-state index in [1.165, 1.54) is 13.8 Å². The van der Waals surface area contributed by atoms with Gasteiger partial charge in [-0.15, -0.1) is 0 Å². The van der Waals surface area contributed by atoms with Crippen molar-refractivity contribution < 1.29 is 39.3 Å². The second-order valence-corrected chi connectivity index (χ2v) is 7.07. The number of hydrogen-bond donors (Lipinski definition) is 8. The normalized spacial score (nSPS) is 15.9. The smallest absolute Gasteiger partial charge is 0.325 e. The maximum atomic E-state index is 12.6. The largest absolute Gasteiger partial charge is 0.480 e. The highest BCUT2D eigenvalue weighted by molar-refractivity contribution is 5.95. The van der Waals surface area contributed by atoms with Gasteiger partial charge < -0.3 is 42.3 Å². The van der Waals surface area contributed by atoms with E-state index < -0.39 is 78.9 Å². The topological polar surface area (TPSA) is 220 Å². The Bertz CT molecular complexity index is 640. The van der Waals surface area contributed by atoms with Gasteiger partial charge >= 0.3 is 5.97 Å². The fraction of sp³-hybridized carbons (Fsp3) is 0.706. The van der Waals surface area contributed by atoms with Crippen LogP contribution >= 0.6 is 0 Å². The Morgan fingerprint density at radius 2 is 1.17 bits per heavy atom. The summed E-state index contributed by atoms with van der Waals surface area (Å²) in [5, 5.41) is 36.5. The minimum atomic E-state index is -1.45. The van der Waals surface area contributed by atoms with Gasteiger partial charge in [-0.1, -0.05) is 13.8 Å². The van der Waals surface area contributed by atoms with Gasteiger partial charge in [0.2, 0.25) is 23.6 Å². The van der Waals surface area contributed by atoms with E-state index in [0.29, 0.717) is 0 Å². The lowest BCUT2D eigenvalue weighted by atomic mass is 10.0. The van der Waals surface area contributed by atoms with Crippen LogP contribution in [0.1, 0.15) is 27.7 Å². The van der Waals surface area contributed by atoms with Gasteiger partial charge in [-0.05, 0) is 19.8 Å². The van der Waals surface area contributed by atoms with E-state index in [0.717, 1.165) is 0 Å². The average Bonchev–Trinajstić information content (AvgIpc) is 2.66. The molecule has 0 saturated carbocycles. The molecule has 9 N–H and O–H groups in total. The zero-order chi connectivity index (χ0) is 23.6. The van der Waals surface area contributed by atoms with Gasteiger partial charge in [0, 0.05) is 0 Å². The minimum Gasteiger partial charge on any atom is -0.480 e. The number of aliphatic hydroxyl groups is 2. The number of nitrogens with two attached hydrogens (primary N) is 1. The highest BCUT2D eigenvalue weighted by Gasteiger charge is 2.31. The molecule has 0 aromatic carbocycles. The zero-order valence-corrected chi connectivity index (χ0v) is 17.3. The van der Waals surface area contributed by atoms with E-state index in [9.17, 15) is 34.2 Å². The summed E-state index contributed by atoms with van der Waals surface area (Å²) in [7, 11) is 0. The van der Waals surface area contributed by atoms with Gasteiger partial charge in [-0.2, -0.15) is 0 Å². The van der Waals surface area contributed by atoms with Crippen LogP contribution in [0.3, 0.4) is 0 Å². The van der Waals surface area contributed by atoms with E-state index in [-0.39, 0.29) is 0 Å². The zero-order valence-electron chi connectivity index (χ0n) is 17.3. The molecule has 4 amide bonds. The number of hydrogen-bond acceptors (Lipinski definition) is 8. The number of rotatable bonds is 12. The summed E-state index contributed by atoms with van der Waals surface area (Å²) in [6, 6.07) is -6.16. The first-order chi connectivity index (χ1) is 13.8. The first-order valence-corrected chi connectivity index (χ1v) is 9.27. The molecule has 0 spiro atoms. The van der Waals surface area contributed by atoms with Crippen LogP contribution in [0.15, 0.2) is 0 Å². The summed E-state index contributed by atoms with van der Waals surface area (Å²) in [5.41, 5.74) is 5.40. The second-order valence-electron chi connectivity index (χ2n) is 7.07. The SMILES string of the molecule is CC(C)[C@H](NC(=O)[C@H](CO)NC(=O)[C@H](C)N)C(=O)N[C@@H](CO)C(=O)N[C@@H](C)C(=O)O. The monoisotopic (exact) mass is 433 g/mol. The molecule has 13 heteroatoms. The van der Waals surface area contributed by atoms with Gasteiger partial charge in [0.15, 0.2) is 0 Å². The minimum absolute atomic E-state index is 0.474. The predicted octanol–water partition coefficient (Wildman–Crippen LogP) is -3.98. The first kappa shape index (κ1) is 27.2. The highest BCUT2D eigenvalue weighted by Crippen LogP contribution is 2.04. The van der Waals surface area contributed by atoms with Crippen molar-refractivity contribution in [1.29, 1.82) is 0 Å². The van der Waals surface area contributed by atoms with Crippen LogP contribution in [0.5, 0.6) is 0 Å². The number of amides is 4. The molecule has 0 radical (unpaired) electrons. The van der Waals surface area contributed by atoms with Gasteiger partial charge in [0.1, 0.15) is 24.2 Å². The molecule has 0 aliphatic rings. The van der Waals surface area contributed by atoms with Crippen molar-refractivity contribution in [2.24, 2.45) is 11.7 Å². The third-order valence-corrected chi connectivity index (χ3v) is 4.02. The van der Waals surface area contributed by atoms with Crippen molar-refractivity contribution in [3.05, 3.63) is 0 Å². The van der Waals surface area contributed by atoms with Gasteiger partial charge in [-0.3, -0.25) is 24.0 Å². The molecular formula is C17H31N5O8. The third kappa shape index (κ3) is 8.71. The van der Waals surface area contributed by atoms with E-state index in [1.54, 1.807) is 13.8 Å². The standard InChI is InChI=1S/C17H31N5O8/c1-7(2)12(22-15(27)11(6-24)20-13(25)8(3)18)16(28)21-10(5-23)14(26)19-9(4)17(29)30/h7-12,23-24H,5-6,18H2,1-4H3,(H,19,26)(H,20,25)(H,21,28)(H,22,27)(H,29,30)/t8-,9-,10-,11-,12-/m0/s1. The molecule has 0 heterocycles. The molecule has 0 aliphatic heterocycles. The van der Waals surface area contributed by atoms with Crippen LogP contribution in [-0.4, -0.2) is 88.3 Å².